The molecule has 0 saturated carbocycles. The highest BCUT2D eigenvalue weighted by molar-refractivity contribution is 6.04. The van der Waals surface area contributed by atoms with Crippen LogP contribution in [0.15, 0.2) is 40.5 Å². The minimum atomic E-state index is -0.196. The third kappa shape index (κ3) is 1.92. The number of ether oxygens (including phenoxy) is 1. The normalized spacial score (nSPS) is 25.9. The van der Waals surface area contributed by atoms with Crippen molar-refractivity contribution in [2.24, 2.45) is 5.10 Å². The summed E-state index contributed by atoms with van der Waals surface area (Å²) >= 11 is 0. The lowest BCUT2D eigenvalue weighted by Crippen LogP contribution is -2.47. The van der Waals surface area contributed by atoms with Gasteiger partial charge in [0, 0.05) is 0 Å². The molecule has 18 heavy (non-hydrogen) atoms. The molecule has 0 aromatic carbocycles. The van der Waals surface area contributed by atoms with Gasteiger partial charge in [0.25, 0.3) is 5.91 Å². The van der Waals surface area contributed by atoms with E-state index < -0.39 is 0 Å². The molecule has 5 heteroatoms. The van der Waals surface area contributed by atoms with Crippen molar-refractivity contribution < 1.29 is 9.53 Å². The van der Waals surface area contributed by atoms with E-state index in [4.69, 9.17) is 4.74 Å². The second kappa shape index (κ2) is 5.08. The molecule has 0 atom stereocenters. The minimum absolute atomic E-state index is 0.196. The Morgan fingerprint density at radius 1 is 1.39 bits per heavy atom. The van der Waals surface area contributed by atoms with Gasteiger partial charge in [-0.05, 0) is 26.3 Å². The number of rotatable bonds is 1. The highest BCUT2D eigenvalue weighted by Crippen LogP contribution is 2.28. The van der Waals surface area contributed by atoms with Gasteiger partial charge in [-0.3, -0.25) is 9.69 Å². The molecule has 1 amide bonds. The van der Waals surface area contributed by atoms with Crippen LogP contribution in [0.5, 0.6) is 0 Å². The molecular weight excluding hydrogens is 230 g/mol. The van der Waals surface area contributed by atoms with E-state index in [0.29, 0.717) is 18.1 Å². The maximum Gasteiger partial charge on any atom is 0.288 e. The lowest BCUT2D eigenvalue weighted by atomic mass is 10.1. The van der Waals surface area contributed by atoms with Gasteiger partial charge in [0.15, 0.2) is 5.84 Å². The molecule has 0 radical (unpaired) electrons. The molecule has 0 aromatic rings. The fourth-order valence-electron chi connectivity index (χ4n) is 2.04. The van der Waals surface area contributed by atoms with Gasteiger partial charge in [0.05, 0.1) is 5.70 Å². The summed E-state index contributed by atoms with van der Waals surface area (Å²) in [7, 11) is 0. The largest absolute Gasteiger partial charge is 0.484 e. The lowest BCUT2D eigenvalue weighted by molar-refractivity contribution is -0.119. The van der Waals surface area contributed by atoms with Gasteiger partial charge < -0.3 is 4.74 Å². The third-order valence-electron chi connectivity index (χ3n) is 2.80. The van der Waals surface area contributed by atoms with Crippen molar-refractivity contribution in [2.45, 2.75) is 27.2 Å². The molecule has 5 nitrogen and oxygen atoms in total. The molecule has 2 aliphatic heterocycles. The minimum Gasteiger partial charge on any atom is -0.484 e. The standard InChI is InChI=1S/C13H17N3O2/c1-4-7-11-9(5-2)16-10(6-3)13(17)15-14-12(16)8-18-11/h5-7H,4,8H2,1-3H3,(H,15,17)/b9-5?,10-6+,11-7?. The molecule has 2 heterocycles. The number of carbonyl (C=O) groups excluding carboxylic acids is 1. The molecule has 0 aromatic heterocycles. The molecule has 2 rings (SSSR count). The quantitative estimate of drug-likeness (QED) is 0.720. The van der Waals surface area contributed by atoms with Crippen molar-refractivity contribution in [1.29, 1.82) is 0 Å². The number of amidine groups is 1. The molecule has 1 N–H and O–H groups in total. The first-order valence-corrected chi connectivity index (χ1v) is 6.05. The van der Waals surface area contributed by atoms with Gasteiger partial charge in [0.1, 0.15) is 18.1 Å². The molecule has 2 aliphatic rings. The van der Waals surface area contributed by atoms with Crippen molar-refractivity contribution in [3.63, 3.8) is 0 Å². The second-order valence-electron chi connectivity index (χ2n) is 3.92. The number of nitrogens with one attached hydrogen (secondary N) is 1. The monoisotopic (exact) mass is 247 g/mol. The Morgan fingerprint density at radius 2 is 2.11 bits per heavy atom. The first-order valence-electron chi connectivity index (χ1n) is 6.05. The number of fused-ring (bicyclic) bond motifs is 1. The van der Waals surface area contributed by atoms with Crippen LogP contribution in [0.4, 0.5) is 0 Å². The highest BCUT2D eigenvalue weighted by atomic mass is 16.5. The van der Waals surface area contributed by atoms with Crippen LogP contribution < -0.4 is 5.43 Å². The van der Waals surface area contributed by atoms with Crippen LogP contribution in [0.2, 0.25) is 0 Å². The Bertz CT molecular complexity index is 486. The van der Waals surface area contributed by atoms with Gasteiger partial charge in [0.2, 0.25) is 0 Å². The SMILES string of the molecule is CC=C1C(=CCC)OCC2=NNC(=O)/C(=C\C)N12. The van der Waals surface area contributed by atoms with E-state index in [2.05, 4.69) is 10.5 Å². The van der Waals surface area contributed by atoms with E-state index in [-0.39, 0.29) is 5.91 Å². The molecule has 96 valence electrons. The van der Waals surface area contributed by atoms with Crippen molar-refractivity contribution >= 4 is 11.7 Å². The third-order valence-corrected chi connectivity index (χ3v) is 2.80. The molecule has 1 saturated heterocycles. The van der Waals surface area contributed by atoms with E-state index in [9.17, 15) is 4.79 Å². The lowest BCUT2D eigenvalue weighted by Gasteiger charge is -2.37. The predicted octanol–water partition coefficient (Wildman–Crippen LogP) is 1.86. The van der Waals surface area contributed by atoms with Gasteiger partial charge >= 0.3 is 0 Å². The Balaban J connectivity index is 2.48. The van der Waals surface area contributed by atoms with E-state index in [0.717, 1.165) is 17.9 Å². The van der Waals surface area contributed by atoms with Crippen LogP contribution >= 0.6 is 0 Å². The molecule has 0 unspecified atom stereocenters. The number of hydrazone groups is 1. The number of hydrogen-bond donors (Lipinski definition) is 1. The summed E-state index contributed by atoms with van der Waals surface area (Å²) in [6, 6.07) is 0. The van der Waals surface area contributed by atoms with Crippen LogP contribution in [0, 0.1) is 0 Å². The maximum absolute atomic E-state index is 11.8. The zero-order valence-corrected chi connectivity index (χ0v) is 10.9. The second-order valence-corrected chi connectivity index (χ2v) is 3.92. The zero-order chi connectivity index (χ0) is 13.1. The van der Waals surface area contributed by atoms with Crippen molar-refractivity contribution in [1.82, 2.24) is 10.3 Å². The number of amides is 1. The highest BCUT2D eigenvalue weighted by Gasteiger charge is 2.34. The molecule has 0 aliphatic carbocycles. The summed E-state index contributed by atoms with van der Waals surface area (Å²) in [4.78, 5) is 13.6. The summed E-state index contributed by atoms with van der Waals surface area (Å²) in [5.41, 5.74) is 3.93. The average Bonchev–Trinajstić information content (AvgIpc) is 2.39. The van der Waals surface area contributed by atoms with E-state index in [1.165, 1.54) is 0 Å². The van der Waals surface area contributed by atoms with Gasteiger partial charge in [-0.15, -0.1) is 0 Å². The summed E-state index contributed by atoms with van der Waals surface area (Å²) in [6.45, 7) is 6.17. The van der Waals surface area contributed by atoms with Crippen LogP contribution in [-0.2, 0) is 9.53 Å². The van der Waals surface area contributed by atoms with Crippen LogP contribution in [0.1, 0.15) is 27.2 Å². The van der Waals surface area contributed by atoms with Crippen LogP contribution in [0.3, 0.4) is 0 Å². The topological polar surface area (TPSA) is 53.9 Å². The summed E-state index contributed by atoms with van der Waals surface area (Å²) in [5, 5.41) is 4.03. The Hall–Kier alpha value is -2.04. The molecule has 0 spiro atoms. The molecular formula is C13H17N3O2. The number of hydrogen-bond acceptors (Lipinski definition) is 4. The fourth-order valence-corrected chi connectivity index (χ4v) is 2.04. The van der Waals surface area contributed by atoms with Gasteiger partial charge in [-0.2, -0.15) is 5.10 Å². The van der Waals surface area contributed by atoms with Crippen LogP contribution in [-0.4, -0.2) is 23.2 Å². The fraction of sp³-hybridized carbons (Fsp3) is 0.385. The number of carbonyl (C=O) groups is 1. The van der Waals surface area contributed by atoms with Crippen molar-refractivity contribution in [3.8, 4) is 0 Å². The zero-order valence-electron chi connectivity index (χ0n) is 10.9. The van der Waals surface area contributed by atoms with E-state index >= 15 is 0 Å². The average molecular weight is 247 g/mol. The Kier molecular flexibility index (Phi) is 3.50. The Labute approximate surface area is 106 Å². The van der Waals surface area contributed by atoms with Gasteiger partial charge in [-0.1, -0.05) is 19.1 Å². The van der Waals surface area contributed by atoms with Gasteiger partial charge in [-0.25, -0.2) is 5.43 Å². The van der Waals surface area contributed by atoms with E-state index in [1.54, 1.807) is 6.08 Å². The number of allylic oxidation sites excluding steroid dienone is 3. The summed E-state index contributed by atoms with van der Waals surface area (Å²) < 4.78 is 5.66. The smallest absolute Gasteiger partial charge is 0.288 e. The number of morpholine rings is 1. The van der Waals surface area contributed by atoms with E-state index in [1.807, 2.05) is 37.8 Å². The molecule has 1 fully saturated rings. The van der Waals surface area contributed by atoms with Crippen molar-refractivity contribution in [2.75, 3.05) is 6.61 Å². The summed E-state index contributed by atoms with van der Waals surface area (Å²) in [6.07, 6.45) is 6.59. The predicted molar refractivity (Wildman–Crippen MR) is 69.3 cm³/mol. The summed E-state index contributed by atoms with van der Waals surface area (Å²) in [5.74, 6) is 1.30. The molecule has 0 bridgehead atoms. The Morgan fingerprint density at radius 3 is 2.72 bits per heavy atom. The van der Waals surface area contributed by atoms with Crippen LogP contribution in [0.25, 0.3) is 0 Å². The first-order chi connectivity index (χ1) is 8.72. The maximum atomic E-state index is 11.8. The number of nitrogens with zero attached hydrogens (tertiary/aromatic N) is 2. The first kappa shape index (κ1) is 12.4. The van der Waals surface area contributed by atoms with Crippen molar-refractivity contribution in [3.05, 3.63) is 35.4 Å².